The molecule has 2 amide bonds. The van der Waals surface area contributed by atoms with Crippen molar-refractivity contribution >= 4 is 11.8 Å². The molecule has 2 atom stereocenters. The van der Waals surface area contributed by atoms with E-state index < -0.39 is 6.04 Å². The summed E-state index contributed by atoms with van der Waals surface area (Å²) < 4.78 is 0. The van der Waals surface area contributed by atoms with Crippen LogP contribution in [0.5, 0.6) is 0 Å². The predicted octanol–water partition coefficient (Wildman–Crippen LogP) is 2.18. The molecule has 19 heavy (non-hydrogen) atoms. The molecule has 1 saturated heterocycles. The third-order valence-corrected chi connectivity index (χ3v) is 3.53. The van der Waals surface area contributed by atoms with E-state index in [1.165, 1.54) is 0 Å². The third kappa shape index (κ3) is 3.28. The number of hydrogen-bond acceptors (Lipinski definition) is 2. The van der Waals surface area contributed by atoms with E-state index in [1.54, 1.807) is 4.90 Å². The number of nitrogens with zero attached hydrogens (tertiary/aromatic N) is 1. The molecule has 4 nitrogen and oxygen atoms in total. The van der Waals surface area contributed by atoms with Gasteiger partial charge in [0, 0.05) is 6.54 Å². The summed E-state index contributed by atoms with van der Waals surface area (Å²) in [4.78, 5) is 26.9. The molecule has 2 unspecified atom stereocenters. The zero-order valence-corrected chi connectivity index (χ0v) is 13.3. The Bertz CT molecular complexity index is 363. The van der Waals surface area contributed by atoms with Crippen molar-refractivity contribution in [1.29, 1.82) is 0 Å². The first-order valence-corrected chi connectivity index (χ1v) is 7.11. The van der Waals surface area contributed by atoms with Crippen LogP contribution in [-0.2, 0) is 9.59 Å². The average molecular weight is 268 g/mol. The zero-order chi connectivity index (χ0) is 15.0. The summed E-state index contributed by atoms with van der Waals surface area (Å²) in [7, 11) is 0. The monoisotopic (exact) mass is 268 g/mol. The second-order valence-corrected chi connectivity index (χ2v) is 7.61. The summed E-state index contributed by atoms with van der Waals surface area (Å²) in [5, 5.41) is 2.92. The van der Waals surface area contributed by atoms with Crippen LogP contribution in [0.3, 0.4) is 0 Å². The highest BCUT2D eigenvalue weighted by atomic mass is 16.2. The first-order valence-electron chi connectivity index (χ1n) is 7.11. The van der Waals surface area contributed by atoms with Crippen molar-refractivity contribution < 1.29 is 9.59 Å². The Kier molecular flexibility index (Phi) is 4.33. The quantitative estimate of drug-likeness (QED) is 0.834. The molecule has 0 radical (unpaired) electrons. The molecule has 1 rings (SSSR count). The molecule has 0 bridgehead atoms. The minimum atomic E-state index is -0.426. The van der Waals surface area contributed by atoms with Gasteiger partial charge in [0.25, 0.3) is 0 Å². The number of nitrogens with one attached hydrogen (secondary N) is 1. The summed E-state index contributed by atoms with van der Waals surface area (Å²) >= 11 is 0. The smallest absolute Gasteiger partial charge is 0.246 e. The molecule has 4 heteroatoms. The van der Waals surface area contributed by atoms with Gasteiger partial charge in [-0.1, -0.05) is 48.5 Å². The van der Waals surface area contributed by atoms with Gasteiger partial charge in [-0.25, -0.2) is 0 Å². The topological polar surface area (TPSA) is 49.4 Å². The maximum absolute atomic E-state index is 12.7. The lowest BCUT2D eigenvalue weighted by molar-refractivity contribution is -0.156. The largest absolute Gasteiger partial charge is 0.342 e. The van der Waals surface area contributed by atoms with Crippen molar-refractivity contribution in [3.05, 3.63) is 0 Å². The van der Waals surface area contributed by atoms with E-state index in [0.717, 1.165) is 6.42 Å². The molecule has 110 valence electrons. The molecule has 0 spiro atoms. The van der Waals surface area contributed by atoms with Gasteiger partial charge in [0.15, 0.2) is 0 Å². The lowest BCUT2D eigenvalue weighted by Crippen LogP contribution is -2.69. The molecular weight excluding hydrogens is 240 g/mol. The van der Waals surface area contributed by atoms with E-state index in [2.05, 4.69) is 5.32 Å². The van der Waals surface area contributed by atoms with Gasteiger partial charge in [-0.2, -0.15) is 0 Å². The summed E-state index contributed by atoms with van der Waals surface area (Å²) in [6.45, 7) is 14.6. The van der Waals surface area contributed by atoms with Crippen LogP contribution in [0.25, 0.3) is 0 Å². The lowest BCUT2D eigenvalue weighted by Gasteiger charge is -2.47. The van der Waals surface area contributed by atoms with Gasteiger partial charge in [0.05, 0.1) is 0 Å². The molecule has 1 fully saturated rings. The van der Waals surface area contributed by atoms with Crippen molar-refractivity contribution in [2.75, 3.05) is 6.54 Å². The number of hydrogen-bond donors (Lipinski definition) is 1. The van der Waals surface area contributed by atoms with Crippen molar-refractivity contribution in [1.82, 2.24) is 10.2 Å². The Morgan fingerprint density at radius 1 is 1.05 bits per heavy atom. The predicted molar refractivity (Wildman–Crippen MR) is 76.6 cm³/mol. The number of carbonyl (C=O) groups is 2. The number of piperazine rings is 1. The molecular formula is C15H28N2O2. The fourth-order valence-electron chi connectivity index (χ4n) is 2.65. The minimum absolute atomic E-state index is 0.0273. The molecule has 0 aromatic carbocycles. The van der Waals surface area contributed by atoms with Crippen molar-refractivity contribution in [2.45, 2.75) is 67.0 Å². The Hall–Kier alpha value is -1.06. The maximum atomic E-state index is 12.7. The van der Waals surface area contributed by atoms with Gasteiger partial charge in [-0.05, 0) is 17.3 Å². The van der Waals surface area contributed by atoms with Crippen LogP contribution in [0.1, 0.15) is 54.9 Å². The lowest BCUT2D eigenvalue weighted by atomic mass is 9.78. The minimum Gasteiger partial charge on any atom is -0.342 e. The highest BCUT2D eigenvalue weighted by Crippen LogP contribution is 2.32. The Labute approximate surface area is 116 Å². The maximum Gasteiger partial charge on any atom is 0.246 e. The van der Waals surface area contributed by atoms with E-state index >= 15 is 0 Å². The zero-order valence-electron chi connectivity index (χ0n) is 13.3. The fourth-order valence-corrected chi connectivity index (χ4v) is 2.65. The first kappa shape index (κ1) is 16.0. The Balaban J connectivity index is 3.14. The summed E-state index contributed by atoms with van der Waals surface area (Å²) in [5.74, 6) is 0.0225. The van der Waals surface area contributed by atoms with Crippen molar-refractivity contribution in [3.8, 4) is 0 Å². The highest BCUT2D eigenvalue weighted by molar-refractivity contribution is 5.97. The van der Waals surface area contributed by atoms with Crippen LogP contribution >= 0.6 is 0 Å². The van der Waals surface area contributed by atoms with E-state index in [4.69, 9.17) is 0 Å². The van der Waals surface area contributed by atoms with E-state index in [0.29, 0.717) is 6.54 Å². The second kappa shape index (κ2) is 5.14. The molecule has 1 heterocycles. The number of amides is 2. The van der Waals surface area contributed by atoms with E-state index in [9.17, 15) is 9.59 Å². The summed E-state index contributed by atoms with van der Waals surface area (Å²) in [5.41, 5.74) is -0.515. The second-order valence-electron chi connectivity index (χ2n) is 7.61. The highest BCUT2D eigenvalue weighted by Gasteiger charge is 2.48. The van der Waals surface area contributed by atoms with Crippen LogP contribution in [0, 0.1) is 10.8 Å². The standard InChI is InChI=1S/C15H28N2O2/c1-8-9-17-11(15(5,6)7)12(18)16-10(13(17)19)14(2,3)4/h10-11H,8-9H2,1-7H3,(H,16,18). The van der Waals surface area contributed by atoms with Gasteiger partial charge in [-0.15, -0.1) is 0 Å². The van der Waals surface area contributed by atoms with Gasteiger partial charge in [0.2, 0.25) is 11.8 Å². The SMILES string of the molecule is CCCN1C(=O)C(C(C)(C)C)NC(=O)C1C(C)(C)C. The number of rotatable bonds is 2. The van der Waals surface area contributed by atoms with E-state index in [1.807, 2.05) is 48.5 Å². The van der Waals surface area contributed by atoms with E-state index in [-0.39, 0.29) is 28.7 Å². The van der Waals surface area contributed by atoms with Gasteiger partial charge in [-0.3, -0.25) is 9.59 Å². The van der Waals surface area contributed by atoms with Gasteiger partial charge >= 0.3 is 0 Å². The third-order valence-electron chi connectivity index (χ3n) is 3.53. The van der Waals surface area contributed by atoms with Crippen LogP contribution in [-0.4, -0.2) is 35.3 Å². The average Bonchev–Trinajstić information content (AvgIpc) is 2.19. The van der Waals surface area contributed by atoms with Gasteiger partial charge in [0.1, 0.15) is 12.1 Å². The van der Waals surface area contributed by atoms with Crippen LogP contribution in [0.15, 0.2) is 0 Å². The fraction of sp³-hybridized carbons (Fsp3) is 0.867. The molecule has 1 aliphatic rings. The summed E-state index contributed by atoms with van der Waals surface area (Å²) in [6, 6.07) is -0.802. The van der Waals surface area contributed by atoms with Crippen molar-refractivity contribution in [2.24, 2.45) is 10.8 Å². The Morgan fingerprint density at radius 3 is 1.95 bits per heavy atom. The molecule has 0 aromatic heterocycles. The number of carbonyl (C=O) groups excluding carboxylic acids is 2. The molecule has 0 aliphatic carbocycles. The van der Waals surface area contributed by atoms with Crippen LogP contribution < -0.4 is 5.32 Å². The Morgan fingerprint density at radius 2 is 1.58 bits per heavy atom. The van der Waals surface area contributed by atoms with Crippen molar-refractivity contribution in [3.63, 3.8) is 0 Å². The van der Waals surface area contributed by atoms with Gasteiger partial charge < -0.3 is 10.2 Å². The summed E-state index contributed by atoms with van der Waals surface area (Å²) in [6.07, 6.45) is 0.864. The molecule has 0 saturated carbocycles. The first-order chi connectivity index (χ1) is 8.50. The van der Waals surface area contributed by atoms with Crippen LogP contribution in [0.2, 0.25) is 0 Å². The molecule has 1 aliphatic heterocycles. The normalized spacial score (nSPS) is 25.5. The molecule has 0 aromatic rings. The van der Waals surface area contributed by atoms with Crippen LogP contribution in [0.4, 0.5) is 0 Å². The molecule has 1 N–H and O–H groups in total.